The van der Waals surface area contributed by atoms with E-state index in [1.54, 1.807) is 0 Å². The van der Waals surface area contributed by atoms with Crippen molar-refractivity contribution in [3.63, 3.8) is 0 Å². The lowest BCUT2D eigenvalue weighted by Crippen LogP contribution is -2.09. The summed E-state index contributed by atoms with van der Waals surface area (Å²) in [6.45, 7) is 2.47. The van der Waals surface area contributed by atoms with Gasteiger partial charge in [-0.25, -0.2) is 4.79 Å². The predicted octanol–water partition coefficient (Wildman–Crippen LogP) is 1.68. The van der Waals surface area contributed by atoms with E-state index in [1.165, 1.54) is 12.7 Å². The van der Waals surface area contributed by atoms with E-state index in [9.17, 15) is 4.79 Å². The molecule has 1 aromatic carbocycles. The Kier molecular flexibility index (Phi) is 4.13. The fraction of sp³-hybridized carbons (Fsp3) is 0.364. The molecule has 0 amide bonds. The Bertz CT molecular complexity index is 290. The summed E-state index contributed by atoms with van der Waals surface area (Å²) in [5, 5.41) is 0. The Hall–Kier alpha value is -1.35. The molecule has 0 unspecified atom stereocenters. The maximum absolute atomic E-state index is 10.7. The predicted molar refractivity (Wildman–Crippen MR) is 52.9 cm³/mol. The van der Waals surface area contributed by atoms with E-state index in [-0.39, 0.29) is 12.6 Å². The van der Waals surface area contributed by atoms with Gasteiger partial charge in [0.25, 0.3) is 0 Å². The van der Waals surface area contributed by atoms with Crippen LogP contribution in [0.5, 0.6) is 0 Å². The molecule has 0 saturated heterocycles. The zero-order valence-corrected chi connectivity index (χ0v) is 8.45. The lowest BCUT2D eigenvalue weighted by molar-refractivity contribution is -0.146. The van der Waals surface area contributed by atoms with E-state index >= 15 is 0 Å². The SMILES string of the molecule is COC(=O)COCc1ccc(C)cc1. The van der Waals surface area contributed by atoms with Crippen LogP contribution in [0.15, 0.2) is 24.3 Å². The minimum absolute atomic E-state index is 0.00434. The fourth-order valence-electron chi connectivity index (χ4n) is 0.995. The van der Waals surface area contributed by atoms with Gasteiger partial charge in [0.1, 0.15) is 6.61 Å². The highest BCUT2D eigenvalue weighted by Crippen LogP contribution is 2.04. The molecule has 14 heavy (non-hydrogen) atoms. The molecule has 0 aliphatic heterocycles. The smallest absolute Gasteiger partial charge is 0.331 e. The topological polar surface area (TPSA) is 35.5 Å². The fourth-order valence-corrected chi connectivity index (χ4v) is 0.995. The molecule has 0 spiro atoms. The molecule has 0 atom stereocenters. The molecule has 0 aromatic heterocycles. The molecule has 3 heteroatoms. The minimum Gasteiger partial charge on any atom is -0.467 e. The van der Waals surface area contributed by atoms with Crippen LogP contribution in [0.25, 0.3) is 0 Å². The molecule has 1 aromatic rings. The van der Waals surface area contributed by atoms with Crippen LogP contribution >= 0.6 is 0 Å². The van der Waals surface area contributed by atoms with Crippen LogP contribution in [0, 0.1) is 6.92 Å². The Morgan fingerprint density at radius 1 is 1.29 bits per heavy atom. The summed E-state index contributed by atoms with van der Waals surface area (Å²) >= 11 is 0. The van der Waals surface area contributed by atoms with Crippen LogP contribution in [-0.2, 0) is 20.9 Å². The van der Waals surface area contributed by atoms with Crippen LogP contribution in [0.4, 0.5) is 0 Å². The molecule has 0 aliphatic carbocycles. The Labute approximate surface area is 83.6 Å². The van der Waals surface area contributed by atoms with Gasteiger partial charge in [-0.05, 0) is 12.5 Å². The molecule has 1 rings (SSSR count). The number of hydrogen-bond acceptors (Lipinski definition) is 3. The van der Waals surface area contributed by atoms with E-state index < -0.39 is 0 Å². The van der Waals surface area contributed by atoms with Crippen molar-refractivity contribution in [1.29, 1.82) is 0 Å². The van der Waals surface area contributed by atoms with Crippen LogP contribution in [0.1, 0.15) is 11.1 Å². The maximum atomic E-state index is 10.7. The van der Waals surface area contributed by atoms with Crippen molar-refractivity contribution in [3.8, 4) is 0 Å². The van der Waals surface area contributed by atoms with Crippen LogP contribution in [0.3, 0.4) is 0 Å². The van der Waals surface area contributed by atoms with Gasteiger partial charge in [0.05, 0.1) is 13.7 Å². The first-order valence-electron chi connectivity index (χ1n) is 4.42. The van der Waals surface area contributed by atoms with E-state index in [0.29, 0.717) is 6.61 Å². The van der Waals surface area contributed by atoms with E-state index in [0.717, 1.165) is 5.56 Å². The third-order valence-electron chi connectivity index (χ3n) is 1.84. The van der Waals surface area contributed by atoms with Gasteiger partial charge in [-0.1, -0.05) is 29.8 Å². The van der Waals surface area contributed by atoms with Gasteiger partial charge in [0, 0.05) is 0 Å². The molecular weight excluding hydrogens is 180 g/mol. The van der Waals surface area contributed by atoms with Crippen LogP contribution < -0.4 is 0 Å². The van der Waals surface area contributed by atoms with Gasteiger partial charge >= 0.3 is 5.97 Å². The van der Waals surface area contributed by atoms with E-state index in [2.05, 4.69) is 4.74 Å². The molecule has 0 aliphatic rings. The van der Waals surface area contributed by atoms with E-state index in [1.807, 2.05) is 31.2 Å². The molecule has 0 N–H and O–H groups in total. The lowest BCUT2D eigenvalue weighted by atomic mass is 10.2. The largest absolute Gasteiger partial charge is 0.467 e. The first-order valence-corrected chi connectivity index (χ1v) is 4.42. The quantitative estimate of drug-likeness (QED) is 0.684. The van der Waals surface area contributed by atoms with Crippen LogP contribution in [-0.4, -0.2) is 19.7 Å². The second-order valence-electron chi connectivity index (χ2n) is 3.05. The van der Waals surface area contributed by atoms with Gasteiger partial charge in [-0.15, -0.1) is 0 Å². The minimum atomic E-state index is -0.350. The average Bonchev–Trinajstić information content (AvgIpc) is 2.21. The second kappa shape index (κ2) is 5.40. The van der Waals surface area contributed by atoms with Crippen molar-refractivity contribution < 1.29 is 14.3 Å². The Morgan fingerprint density at radius 2 is 1.93 bits per heavy atom. The third kappa shape index (κ3) is 3.58. The first kappa shape index (κ1) is 10.7. The number of esters is 1. The lowest BCUT2D eigenvalue weighted by Gasteiger charge is -2.03. The molecular formula is C11H14O3. The average molecular weight is 194 g/mol. The Morgan fingerprint density at radius 3 is 2.50 bits per heavy atom. The number of benzene rings is 1. The second-order valence-corrected chi connectivity index (χ2v) is 3.05. The summed E-state index contributed by atoms with van der Waals surface area (Å²) in [5.74, 6) is -0.350. The van der Waals surface area contributed by atoms with Gasteiger partial charge in [-0.3, -0.25) is 0 Å². The van der Waals surface area contributed by atoms with Crippen molar-refractivity contribution in [2.45, 2.75) is 13.5 Å². The van der Waals surface area contributed by atoms with E-state index in [4.69, 9.17) is 4.74 Å². The summed E-state index contributed by atoms with van der Waals surface area (Å²) in [6, 6.07) is 7.98. The molecule has 76 valence electrons. The maximum Gasteiger partial charge on any atom is 0.331 e. The highest BCUT2D eigenvalue weighted by molar-refractivity contribution is 5.70. The normalized spacial score (nSPS) is 9.86. The van der Waals surface area contributed by atoms with Gasteiger partial charge in [0.15, 0.2) is 0 Å². The summed E-state index contributed by atoms with van der Waals surface area (Å²) < 4.78 is 9.58. The first-order chi connectivity index (χ1) is 6.72. The number of rotatable bonds is 4. The number of carbonyl (C=O) groups excluding carboxylic acids is 1. The molecule has 0 fully saturated rings. The van der Waals surface area contributed by atoms with Crippen LogP contribution in [0.2, 0.25) is 0 Å². The number of aryl methyl sites for hydroxylation is 1. The summed E-state index contributed by atoms with van der Waals surface area (Å²) in [5.41, 5.74) is 2.27. The molecule has 0 bridgehead atoms. The van der Waals surface area contributed by atoms with Gasteiger partial charge < -0.3 is 9.47 Å². The van der Waals surface area contributed by atoms with Crippen molar-refractivity contribution in [2.24, 2.45) is 0 Å². The van der Waals surface area contributed by atoms with Crippen molar-refractivity contribution in [1.82, 2.24) is 0 Å². The number of ether oxygens (including phenoxy) is 2. The number of hydrogen-bond donors (Lipinski definition) is 0. The zero-order chi connectivity index (χ0) is 10.4. The zero-order valence-electron chi connectivity index (χ0n) is 8.45. The highest BCUT2D eigenvalue weighted by atomic mass is 16.6. The van der Waals surface area contributed by atoms with Gasteiger partial charge in [0.2, 0.25) is 0 Å². The molecule has 3 nitrogen and oxygen atoms in total. The molecule has 0 radical (unpaired) electrons. The van der Waals surface area contributed by atoms with Crippen molar-refractivity contribution >= 4 is 5.97 Å². The third-order valence-corrected chi connectivity index (χ3v) is 1.84. The van der Waals surface area contributed by atoms with Crippen molar-refractivity contribution in [3.05, 3.63) is 35.4 Å². The molecule has 0 heterocycles. The summed E-state index contributed by atoms with van der Waals surface area (Å²) in [6.07, 6.45) is 0. The monoisotopic (exact) mass is 194 g/mol. The standard InChI is InChI=1S/C11H14O3/c1-9-3-5-10(6-4-9)7-14-8-11(12)13-2/h3-6H,7-8H2,1-2H3. The number of carbonyl (C=O) groups is 1. The number of methoxy groups -OCH3 is 1. The Balaban J connectivity index is 2.31. The summed E-state index contributed by atoms with van der Waals surface area (Å²) in [7, 11) is 1.34. The van der Waals surface area contributed by atoms with Crippen molar-refractivity contribution in [2.75, 3.05) is 13.7 Å². The van der Waals surface area contributed by atoms with Gasteiger partial charge in [-0.2, -0.15) is 0 Å². The molecule has 0 saturated carbocycles. The highest BCUT2D eigenvalue weighted by Gasteiger charge is 1.99. The summed E-state index contributed by atoms with van der Waals surface area (Å²) in [4.78, 5) is 10.7.